The molecule has 0 spiro atoms. The Morgan fingerprint density at radius 3 is 3.00 bits per heavy atom. The van der Waals surface area contributed by atoms with E-state index in [1.807, 2.05) is 4.31 Å². The topological polar surface area (TPSA) is 3.24 Å². The summed E-state index contributed by atoms with van der Waals surface area (Å²) in [6.07, 6.45) is 3.75. The van der Waals surface area contributed by atoms with E-state index >= 15 is 0 Å². The normalized spacial score (nSPS) is 23.9. The van der Waals surface area contributed by atoms with Gasteiger partial charge in [0.05, 0.1) is 0 Å². The van der Waals surface area contributed by atoms with E-state index in [0.29, 0.717) is 0 Å². The monoisotopic (exact) mass is 143 g/mol. The average Bonchev–Trinajstić information content (AvgIpc) is 1.93. The Bertz CT molecular complexity index is 111. The first-order valence-corrected chi connectivity index (χ1v) is 3.79. The van der Waals surface area contributed by atoms with Gasteiger partial charge in [-0.05, 0) is 19.3 Å². The lowest BCUT2D eigenvalue weighted by Crippen LogP contribution is -2.13. The van der Waals surface area contributed by atoms with Crippen LogP contribution in [-0.2, 0) is 0 Å². The van der Waals surface area contributed by atoms with E-state index in [-0.39, 0.29) is 0 Å². The van der Waals surface area contributed by atoms with Gasteiger partial charge in [-0.3, -0.25) is 0 Å². The third kappa shape index (κ3) is 2.41. The minimum Gasteiger partial charge on any atom is -0.249 e. The van der Waals surface area contributed by atoms with Crippen LogP contribution in [0.3, 0.4) is 0 Å². The minimum atomic E-state index is 0.975. The van der Waals surface area contributed by atoms with Crippen LogP contribution in [0.4, 0.5) is 0 Å². The van der Waals surface area contributed by atoms with Gasteiger partial charge in [0.25, 0.3) is 0 Å². The van der Waals surface area contributed by atoms with Crippen molar-refractivity contribution >= 4 is 12.8 Å². The van der Waals surface area contributed by atoms with Gasteiger partial charge >= 0.3 is 0 Å². The summed E-state index contributed by atoms with van der Waals surface area (Å²) in [7, 11) is 0. The van der Waals surface area contributed by atoms with E-state index < -0.39 is 0 Å². The summed E-state index contributed by atoms with van der Waals surface area (Å²) in [6, 6.07) is 0. The van der Waals surface area contributed by atoms with Crippen LogP contribution in [0.15, 0.2) is 12.2 Å². The molecule has 0 radical (unpaired) electrons. The molecule has 0 saturated carbocycles. The van der Waals surface area contributed by atoms with E-state index in [2.05, 4.69) is 19.4 Å². The molecule has 0 aliphatic carbocycles. The van der Waals surface area contributed by atoms with Crippen molar-refractivity contribution in [3.8, 4) is 0 Å². The molecular formula is C7H13NS. The Balaban J connectivity index is 2.37. The fourth-order valence-corrected chi connectivity index (χ4v) is 1.43. The third-order valence-electron chi connectivity index (χ3n) is 1.60. The molecule has 1 nitrogen and oxygen atoms in total. The van der Waals surface area contributed by atoms with Crippen LogP contribution in [0.25, 0.3) is 0 Å². The zero-order valence-corrected chi connectivity index (χ0v) is 6.53. The van der Waals surface area contributed by atoms with Crippen LogP contribution in [0.5, 0.6) is 0 Å². The van der Waals surface area contributed by atoms with Gasteiger partial charge in [0.2, 0.25) is 0 Å². The number of hydrogen-bond donors (Lipinski definition) is 1. The summed E-state index contributed by atoms with van der Waals surface area (Å²) in [4.78, 5) is 0. The highest BCUT2D eigenvalue weighted by Gasteiger charge is 2.06. The molecule has 0 aromatic carbocycles. The Hall–Kier alpha value is 0.0500. The van der Waals surface area contributed by atoms with Crippen molar-refractivity contribution in [2.75, 3.05) is 13.1 Å². The molecule has 0 N–H and O–H groups in total. The lowest BCUT2D eigenvalue weighted by molar-refractivity contribution is 0.522. The van der Waals surface area contributed by atoms with Crippen LogP contribution in [-0.4, -0.2) is 17.4 Å². The first-order chi connectivity index (χ1) is 4.29. The molecule has 1 fully saturated rings. The lowest BCUT2D eigenvalue weighted by atomic mass is 10.2. The van der Waals surface area contributed by atoms with Crippen molar-refractivity contribution in [2.45, 2.75) is 19.3 Å². The second-order valence-corrected chi connectivity index (χ2v) is 3.16. The molecule has 1 aliphatic heterocycles. The molecule has 1 rings (SSSR count). The number of rotatable bonds is 0. The van der Waals surface area contributed by atoms with Gasteiger partial charge in [-0.15, -0.1) is 0 Å². The summed E-state index contributed by atoms with van der Waals surface area (Å²) in [5.41, 5.74) is 1.32. The van der Waals surface area contributed by atoms with Gasteiger partial charge in [0.1, 0.15) is 0 Å². The maximum atomic E-state index is 4.26. The summed E-state index contributed by atoms with van der Waals surface area (Å²) in [6.45, 7) is 6.02. The third-order valence-corrected chi connectivity index (χ3v) is 1.94. The van der Waals surface area contributed by atoms with Gasteiger partial charge < -0.3 is 0 Å². The number of hydrogen-bond acceptors (Lipinski definition) is 2. The van der Waals surface area contributed by atoms with E-state index in [1.165, 1.54) is 24.8 Å². The molecule has 2 heteroatoms. The van der Waals surface area contributed by atoms with Gasteiger partial charge in [-0.2, -0.15) is 0 Å². The smallest absolute Gasteiger partial charge is 0.0294 e. The first-order valence-electron chi connectivity index (χ1n) is 3.39. The predicted molar refractivity (Wildman–Crippen MR) is 43.6 cm³/mol. The number of nitrogens with zero attached hydrogens (tertiary/aromatic N) is 1. The highest BCUT2D eigenvalue weighted by molar-refractivity contribution is 7.77. The van der Waals surface area contributed by atoms with Crippen LogP contribution in [0.1, 0.15) is 19.3 Å². The quantitative estimate of drug-likeness (QED) is 0.400. The van der Waals surface area contributed by atoms with E-state index in [1.54, 1.807) is 0 Å². The molecule has 0 unspecified atom stereocenters. The summed E-state index contributed by atoms with van der Waals surface area (Å²) < 4.78 is 2.04. The summed E-state index contributed by atoms with van der Waals surface area (Å²) in [5.74, 6) is 0. The standard InChI is InChI=1S/C7H13NS/c1-7-4-2-3-5-8(9)6-7/h9H,1-6H2. The Kier molecular flexibility index (Phi) is 2.61. The molecule has 1 aliphatic rings. The van der Waals surface area contributed by atoms with Gasteiger partial charge in [0, 0.05) is 13.1 Å². The molecular weight excluding hydrogens is 130 g/mol. The highest BCUT2D eigenvalue weighted by atomic mass is 32.1. The van der Waals surface area contributed by atoms with Crippen molar-refractivity contribution in [2.24, 2.45) is 0 Å². The molecule has 1 saturated heterocycles. The molecule has 0 aromatic heterocycles. The molecule has 52 valence electrons. The molecule has 0 amide bonds. The SMILES string of the molecule is C=C1CCCCN(S)C1. The van der Waals surface area contributed by atoms with E-state index in [9.17, 15) is 0 Å². The fraction of sp³-hybridized carbons (Fsp3) is 0.714. The largest absolute Gasteiger partial charge is 0.249 e. The van der Waals surface area contributed by atoms with Crippen molar-refractivity contribution < 1.29 is 0 Å². The molecule has 0 atom stereocenters. The summed E-state index contributed by atoms with van der Waals surface area (Å²) >= 11 is 4.26. The molecule has 0 aromatic rings. The van der Waals surface area contributed by atoms with Crippen molar-refractivity contribution in [3.63, 3.8) is 0 Å². The van der Waals surface area contributed by atoms with Gasteiger partial charge in [0.15, 0.2) is 0 Å². The van der Waals surface area contributed by atoms with Crippen LogP contribution in [0, 0.1) is 0 Å². The maximum Gasteiger partial charge on any atom is 0.0294 e. The molecule has 0 bridgehead atoms. The zero-order chi connectivity index (χ0) is 6.69. The first kappa shape index (κ1) is 7.16. The fourth-order valence-electron chi connectivity index (χ4n) is 1.09. The van der Waals surface area contributed by atoms with Crippen molar-refractivity contribution in [3.05, 3.63) is 12.2 Å². The Morgan fingerprint density at radius 1 is 1.44 bits per heavy atom. The average molecular weight is 143 g/mol. The highest BCUT2D eigenvalue weighted by Crippen LogP contribution is 2.14. The van der Waals surface area contributed by atoms with E-state index in [4.69, 9.17) is 0 Å². The lowest BCUT2D eigenvalue weighted by Gasteiger charge is -2.10. The number of thiol groups is 1. The maximum absolute atomic E-state index is 4.26. The summed E-state index contributed by atoms with van der Waals surface area (Å²) in [5, 5.41) is 0. The minimum absolute atomic E-state index is 0.975. The van der Waals surface area contributed by atoms with Crippen molar-refractivity contribution in [1.82, 2.24) is 4.31 Å². The Morgan fingerprint density at radius 2 is 2.22 bits per heavy atom. The second-order valence-electron chi connectivity index (χ2n) is 2.60. The zero-order valence-electron chi connectivity index (χ0n) is 5.64. The van der Waals surface area contributed by atoms with Crippen molar-refractivity contribution in [1.29, 1.82) is 0 Å². The molecule has 1 heterocycles. The molecule has 9 heavy (non-hydrogen) atoms. The van der Waals surface area contributed by atoms with Crippen LogP contribution in [0.2, 0.25) is 0 Å². The second kappa shape index (κ2) is 3.28. The van der Waals surface area contributed by atoms with E-state index in [0.717, 1.165) is 13.1 Å². The van der Waals surface area contributed by atoms with Crippen LogP contribution >= 0.6 is 12.8 Å². The van der Waals surface area contributed by atoms with Gasteiger partial charge in [-0.25, -0.2) is 4.31 Å². The van der Waals surface area contributed by atoms with Crippen LogP contribution < -0.4 is 0 Å². The Labute approximate surface area is 62.3 Å². The predicted octanol–water partition coefficient (Wildman–Crippen LogP) is 1.87. The van der Waals surface area contributed by atoms with Gasteiger partial charge in [-0.1, -0.05) is 25.0 Å².